The van der Waals surface area contributed by atoms with Crippen LogP contribution in [0.5, 0.6) is 0 Å². The fraction of sp³-hybridized carbons (Fsp3) is 0.800. The highest BCUT2D eigenvalue weighted by atomic mass is 16.4. The molecule has 0 atom stereocenters. The van der Waals surface area contributed by atoms with Gasteiger partial charge in [-0.2, -0.15) is 0 Å². The molecule has 2 saturated heterocycles. The number of piperidine rings is 2. The van der Waals surface area contributed by atoms with Crippen LogP contribution >= 0.6 is 0 Å². The SMILES string of the molecule is O=C(O)C1CC2CC(C(=O)O)CC(C1)N2. The van der Waals surface area contributed by atoms with E-state index in [1.807, 2.05) is 0 Å². The van der Waals surface area contributed by atoms with E-state index >= 15 is 0 Å². The Bertz CT molecular complexity index is 251. The van der Waals surface area contributed by atoms with Gasteiger partial charge in [-0.15, -0.1) is 0 Å². The molecule has 2 bridgehead atoms. The standard InChI is InChI=1S/C10H15NO4/c12-9(13)5-1-7-3-6(10(14)15)4-8(2-5)11-7/h5-8,11H,1-4H2,(H,12,13)(H,14,15). The maximum Gasteiger partial charge on any atom is 0.306 e. The van der Waals surface area contributed by atoms with Crippen molar-refractivity contribution in [2.45, 2.75) is 37.8 Å². The molecule has 0 amide bonds. The highest BCUT2D eigenvalue weighted by Crippen LogP contribution is 2.33. The zero-order valence-corrected chi connectivity index (χ0v) is 8.35. The molecule has 5 nitrogen and oxygen atoms in total. The Balaban J connectivity index is 2.02. The molecule has 0 unspecified atom stereocenters. The van der Waals surface area contributed by atoms with Crippen molar-refractivity contribution in [1.29, 1.82) is 0 Å². The van der Waals surface area contributed by atoms with Crippen molar-refractivity contribution in [3.63, 3.8) is 0 Å². The quantitative estimate of drug-likeness (QED) is 0.614. The molecular formula is C10H15NO4. The van der Waals surface area contributed by atoms with Gasteiger partial charge in [0, 0.05) is 12.1 Å². The van der Waals surface area contributed by atoms with Crippen molar-refractivity contribution >= 4 is 11.9 Å². The van der Waals surface area contributed by atoms with E-state index in [1.54, 1.807) is 0 Å². The van der Waals surface area contributed by atoms with Crippen molar-refractivity contribution in [3.05, 3.63) is 0 Å². The van der Waals surface area contributed by atoms with Crippen LogP contribution < -0.4 is 5.32 Å². The Morgan fingerprint density at radius 1 is 0.867 bits per heavy atom. The number of carboxylic acids is 2. The Morgan fingerprint density at radius 3 is 1.47 bits per heavy atom. The lowest BCUT2D eigenvalue weighted by Crippen LogP contribution is -2.53. The summed E-state index contributed by atoms with van der Waals surface area (Å²) in [5.41, 5.74) is 0. The molecule has 0 aliphatic carbocycles. The molecule has 2 rings (SSSR count). The zero-order chi connectivity index (χ0) is 11.0. The number of aliphatic carboxylic acids is 2. The summed E-state index contributed by atoms with van der Waals surface area (Å²) in [4.78, 5) is 21.7. The minimum Gasteiger partial charge on any atom is -0.481 e. The van der Waals surface area contributed by atoms with E-state index < -0.39 is 11.9 Å². The van der Waals surface area contributed by atoms with Crippen LogP contribution in [0.3, 0.4) is 0 Å². The van der Waals surface area contributed by atoms with Crippen molar-refractivity contribution in [3.8, 4) is 0 Å². The number of rotatable bonds is 2. The zero-order valence-electron chi connectivity index (χ0n) is 8.35. The van der Waals surface area contributed by atoms with E-state index in [0.29, 0.717) is 25.7 Å². The summed E-state index contributed by atoms with van der Waals surface area (Å²) in [6.45, 7) is 0. The first kappa shape index (κ1) is 10.4. The first-order valence-corrected chi connectivity index (χ1v) is 5.28. The van der Waals surface area contributed by atoms with Crippen molar-refractivity contribution in [1.82, 2.24) is 5.32 Å². The van der Waals surface area contributed by atoms with Crippen LogP contribution in [0.15, 0.2) is 0 Å². The molecule has 84 valence electrons. The van der Waals surface area contributed by atoms with Crippen LogP contribution in [0.2, 0.25) is 0 Å². The molecule has 0 spiro atoms. The summed E-state index contributed by atoms with van der Waals surface area (Å²) in [6, 6.07) is 0.138. The summed E-state index contributed by atoms with van der Waals surface area (Å²) in [6.07, 6.45) is 2.26. The van der Waals surface area contributed by atoms with E-state index in [1.165, 1.54) is 0 Å². The average molecular weight is 213 g/mol. The molecule has 0 radical (unpaired) electrons. The second-order valence-electron chi connectivity index (χ2n) is 4.57. The monoisotopic (exact) mass is 213 g/mol. The van der Waals surface area contributed by atoms with Gasteiger partial charge in [0.25, 0.3) is 0 Å². The second kappa shape index (κ2) is 3.81. The minimum atomic E-state index is -0.750. The van der Waals surface area contributed by atoms with Crippen LogP contribution in [-0.2, 0) is 9.59 Å². The van der Waals surface area contributed by atoms with Crippen molar-refractivity contribution in [2.75, 3.05) is 0 Å². The predicted octanol–water partition coefficient (Wildman–Crippen LogP) is 0.302. The number of carboxylic acid groups (broad SMARTS) is 2. The van der Waals surface area contributed by atoms with Crippen LogP contribution in [0.4, 0.5) is 0 Å². The highest BCUT2D eigenvalue weighted by Gasteiger charge is 2.40. The molecule has 5 heteroatoms. The summed E-state index contributed by atoms with van der Waals surface area (Å²) in [5.74, 6) is -2.09. The third-order valence-corrected chi connectivity index (χ3v) is 3.45. The van der Waals surface area contributed by atoms with E-state index in [9.17, 15) is 9.59 Å². The topological polar surface area (TPSA) is 86.6 Å². The number of hydrogen-bond acceptors (Lipinski definition) is 3. The van der Waals surface area contributed by atoms with Gasteiger partial charge in [-0.3, -0.25) is 9.59 Å². The number of fused-ring (bicyclic) bond motifs is 2. The molecule has 2 aliphatic rings. The average Bonchev–Trinajstić information content (AvgIpc) is 2.15. The van der Waals surface area contributed by atoms with Crippen LogP contribution in [0.25, 0.3) is 0 Å². The second-order valence-corrected chi connectivity index (χ2v) is 4.57. The molecule has 0 aromatic rings. The molecule has 2 heterocycles. The number of hydrogen-bond donors (Lipinski definition) is 3. The smallest absolute Gasteiger partial charge is 0.306 e. The Hall–Kier alpha value is -1.10. The van der Waals surface area contributed by atoms with Gasteiger partial charge < -0.3 is 15.5 Å². The molecule has 0 aromatic heterocycles. The lowest BCUT2D eigenvalue weighted by molar-refractivity contribution is -0.146. The summed E-state index contributed by atoms with van der Waals surface area (Å²) in [7, 11) is 0. The molecule has 2 aliphatic heterocycles. The first-order chi connectivity index (χ1) is 7.06. The Morgan fingerprint density at radius 2 is 1.20 bits per heavy atom. The molecular weight excluding hydrogens is 198 g/mol. The fourth-order valence-electron chi connectivity index (χ4n) is 2.77. The van der Waals surface area contributed by atoms with E-state index in [4.69, 9.17) is 10.2 Å². The largest absolute Gasteiger partial charge is 0.481 e. The summed E-state index contributed by atoms with van der Waals surface area (Å²) in [5, 5.41) is 21.1. The van der Waals surface area contributed by atoms with Crippen molar-refractivity contribution in [2.24, 2.45) is 11.8 Å². The van der Waals surface area contributed by atoms with E-state index in [2.05, 4.69) is 5.32 Å². The van der Waals surface area contributed by atoms with Crippen LogP contribution in [0.1, 0.15) is 25.7 Å². The summed E-state index contributed by atoms with van der Waals surface area (Å²) < 4.78 is 0. The third-order valence-electron chi connectivity index (χ3n) is 3.45. The normalized spacial score (nSPS) is 39.7. The van der Waals surface area contributed by atoms with Gasteiger partial charge in [0.15, 0.2) is 0 Å². The number of carbonyl (C=O) groups is 2. The highest BCUT2D eigenvalue weighted by molar-refractivity contribution is 5.72. The number of nitrogens with one attached hydrogen (secondary N) is 1. The van der Waals surface area contributed by atoms with Crippen LogP contribution in [-0.4, -0.2) is 34.2 Å². The lowest BCUT2D eigenvalue weighted by Gasteiger charge is -2.41. The third kappa shape index (κ3) is 2.12. The van der Waals surface area contributed by atoms with Crippen molar-refractivity contribution < 1.29 is 19.8 Å². The van der Waals surface area contributed by atoms with E-state index in [0.717, 1.165) is 0 Å². The molecule has 0 saturated carbocycles. The predicted molar refractivity (Wildman–Crippen MR) is 51.4 cm³/mol. The first-order valence-electron chi connectivity index (χ1n) is 5.28. The van der Waals surface area contributed by atoms with Gasteiger partial charge in [0.05, 0.1) is 11.8 Å². The molecule has 2 fully saturated rings. The van der Waals surface area contributed by atoms with Gasteiger partial charge in [0.1, 0.15) is 0 Å². The maximum atomic E-state index is 10.9. The fourth-order valence-corrected chi connectivity index (χ4v) is 2.77. The van der Waals surface area contributed by atoms with E-state index in [-0.39, 0.29) is 23.9 Å². The lowest BCUT2D eigenvalue weighted by atomic mass is 9.76. The minimum absolute atomic E-state index is 0.0692. The molecule has 3 N–H and O–H groups in total. The summed E-state index contributed by atoms with van der Waals surface area (Å²) >= 11 is 0. The molecule has 15 heavy (non-hydrogen) atoms. The maximum absolute atomic E-state index is 10.9. The Labute approximate surface area is 87.5 Å². The van der Waals surface area contributed by atoms with Gasteiger partial charge in [-0.05, 0) is 25.7 Å². The van der Waals surface area contributed by atoms with Gasteiger partial charge >= 0.3 is 11.9 Å². The van der Waals surface area contributed by atoms with Gasteiger partial charge in [0.2, 0.25) is 0 Å². The molecule has 0 aromatic carbocycles. The Kier molecular flexibility index (Phi) is 2.65. The van der Waals surface area contributed by atoms with Crippen LogP contribution in [0, 0.1) is 11.8 Å². The van der Waals surface area contributed by atoms with Gasteiger partial charge in [-0.1, -0.05) is 0 Å². The van der Waals surface area contributed by atoms with Gasteiger partial charge in [-0.25, -0.2) is 0 Å².